The van der Waals surface area contributed by atoms with Crippen molar-refractivity contribution in [2.45, 2.75) is 26.3 Å². The van der Waals surface area contributed by atoms with Crippen molar-refractivity contribution in [2.24, 2.45) is 0 Å². The maximum atomic E-state index is 14.1. The van der Waals surface area contributed by atoms with Crippen molar-refractivity contribution in [1.82, 2.24) is 15.3 Å². The average molecular weight is 377 g/mol. The van der Waals surface area contributed by atoms with Crippen LogP contribution in [0.4, 0.5) is 4.39 Å². The fourth-order valence-electron chi connectivity index (χ4n) is 3.76. The average Bonchev–Trinajstić information content (AvgIpc) is 2.67. The number of aryl methyl sites for hydroxylation is 2. The second-order valence-corrected chi connectivity index (χ2v) is 6.87. The minimum absolute atomic E-state index is 0.204. The summed E-state index contributed by atoms with van der Waals surface area (Å²) in [5, 5.41) is 3.03. The highest BCUT2D eigenvalue weighted by Crippen LogP contribution is 2.34. The Labute approximate surface area is 162 Å². The second-order valence-electron chi connectivity index (χ2n) is 6.87. The van der Waals surface area contributed by atoms with Crippen LogP contribution in [0.2, 0.25) is 0 Å². The molecule has 3 aromatic rings. The van der Waals surface area contributed by atoms with E-state index in [2.05, 4.69) is 15.3 Å². The molecule has 28 heavy (non-hydrogen) atoms. The van der Waals surface area contributed by atoms with Crippen molar-refractivity contribution < 1.29 is 13.9 Å². The van der Waals surface area contributed by atoms with Crippen LogP contribution in [0.1, 0.15) is 39.2 Å². The van der Waals surface area contributed by atoms with Crippen molar-refractivity contribution >= 4 is 5.91 Å². The minimum atomic E-state index is -0.335. The molecule has 4 rings (SSSR count). The van der Waals surface area contributed by atoms with Gasteiger partial charge in [0.1, 0.15) is 17.4 Å². The quantitative estimate of drug-likeness (QED) is 0.751. The van der Waals surface area contributed by atoms with Crippen LogP contribution < -0.4 is 10.1 Å². The molecule has 0 saturated heterocycles. The summed E-state index contributed by atoms with van der Waals surface area (Å²) in [5.41, 5.74) is 4.30. The zero-order valence-electron chi connectivity index (χ0n) is 15.9. The summed E-state index contributed by atoms with van der Waals surface area (Å²) in [6.45, 7) is 3.63. The molecule has 0 saturated carbocycles. The van der Waals surface area contributed by atoms with Gasteiger partial charge in [-0.3, -0.25) is 4.79 Å². The summed E-state index contributed by atoms with van der Waals surface area (Å²) in [5.74, 6) is 0.782. The van der Waals surface area contributed by atoms with Crippen LogP contribution in [-0.2, 0) is 6.42 Å². The molecule has 1 N–H and O–H groups in total. The Morgan fingerprint density at radius 1 is 1.14 bits per heavy atom. The minimum Gasteiger partial charge on any atom is -0.497 e. The molecule has 0 radical (unpaired) electrons. The first-order valence-electron chi connectivity index (χ1n) is 9.05. The van der Waals surface area contributed by atoms with Crippen LogP contribution in [0, 0.1) is 19.7 Å². The van der Waals surface area contributed by atoms with Crippen molar-refractivity contribution in [1.29, 1.82) is 0 Å². The summed E-state index contributed by atoms with van der Waals surface area (Å²) in [4.78, 5) is 21.5. The Hall–Kier alpha value is -3.28. The van der Waals surface area contributed by atoms with Crippen molar-refractivity contribution in [3.05, 3.63) is 76.6 Å². The number of carbonyl (C=O) groups is 1. The summed E-state index contributed by atoms with van der Waals surface area (Å²) >= 11 is 0. The van der Waals surface area contributed by atoms with Crippen LogP contribution in [0.25, 0.3) is 11.1 Å². The fourth-order valence-corrected chi connectivity index (χ4v) is 3.76. The van der Waals surface area contributed by atoms with E-state index in [0.717, 1.165) is 22.4 Å². The summed E-state index contributed by atoms with van der Waals surface area (Å²) in [7, 11) is 1.59. The highest BCUT2D eigenvalue weighted by molar-refractivity contribution is 5.97. The molecule has 142 valence electrons. The highest BCUT2D eigenvalue weighted by Gasteiger charge is 2.30. The SMILES string of the molecule is COc1cccc(-c2cc(F)ccc2[C@H]2Cc3nc(C)nc(C)c3C(=O)N2)c1. The van der Waals surface area contributed by atoms with Gasteiger partial charge in [0.25, 0.3) is 5.91 Å². The van der Waals surface area contributed by atoms with E-state index in [1.807, 2.05) is 38.1 Å². The first-order valence-corrected chi connectivity index (χ1v) is 9.05. The predicted octanol–water partition coefficient (Wildman–Crippen LogP) is 3.94. The van der Waals surface area contributed by atoms with E-state index < -0.39 is 0 Å². The van der Waals surface area contributed by atoms with Crippen LogP contribution in [0.15, 0.2) is 42.5 Å². The molecule has 2 aromatic carbocycles. The third-order valence-electron chi connectivity index (χ3n) is 4.98. The van der Waals surface area contributed by atoms with Gasteiger partial charge in [0.15, 0.2) is 0 Å². The van der Waals surface area contributed by atoms with E-state index in [1.54, 1.807) is 13.2 Å². The van der Waals surface area contributed by atoms with Crippen molar-refractivity contribution in [3.8, 4) is 16.9 Å². The number of benzene rings is 2. The summed E-state index contributed by atoms with van der Waals surface area (Å²) in [6, 6.07) is 11.8. The molecule has 1 aliphatic heterocycles. The van der Waals surface area contributed by atoms with E-state index in [4.69, 9.17) is 4.74 Å². The van der Waals surface area contributed by atoms with Crippen LogP contribution in [0.5, 0.6) is 5.75 Å². The van der Waals surface area contributed by atoms with Crippen molar-refractivity contribution in [3.63, 3.8) is 0 Å². The normalized spacial score (nSPS) is 15.7. The lowest BCUT2D eigenvalue weighted by Crippen LogP contribution is -2.37. The van der Waals surface area contributed by atoms with E-state index in [9.17, 15) is 9.18 Å². The lowest BCUT2D eigenvalue weighted by atomic mass is 9.89. The fraction of sp³-hybridized carbons (Fsp3) is 0.227. The Morgan fingerprint density at radius 2 is 1.96 bits per heavy atom. The van der Waals surface area contributed by atoms with E-state index in [-0.39, 0.29) is 17.8 Å². The molecular formula is C22H20FN3O2. The van der Waals surface area contributed by atoms with Crippen LogP contribution >= 0.6 is 0 Å². The van der Waals surface area contributed by atoms with Gasteiger partial charge in [-0.25, -0.2) is 14.4 Å². The molecule has 0 spiro atoms. The zero-order chi connectivity index (χ0) is 19.8. The number of rotatable bonds is 3. The molecule has 1 amide bonds. The highest BCUT2D eigenvalue weighted by atomic mass is 19.1. The molecule has 1 aliphatic rings. The molecule has 2 heterocycles. The third kappa shape index (κ3) is 3.22. The lowest BCUT2D eigenvalue weighted by molar-refractivity contribution is 0.0922. The molecule has 1 aromatic heterocycles. The number of ether oxygens (including phenoxy) is 1. The molecular weight excluding hydrogens is 357 g/mol. The summed E-state index contributed by atoms with van der Waals surface area (Å²) < 4.78 is 19.4. The van der Waals surface area contributed by atoms with Crippen LogP contribution in [0.3, 0.4) is 0 Å². The Balaban J connectivity index is 1.81. The molecule has 1 atom stereocenters. The monoisotopic (exact) mass is 377 g/mol. The van der Waals surface area contributed by atoms with E-state index >= 15 is 0 Å². The number of methoxy groups -OCH3 is 1. The van der Waals surface area contributed by atoms with Crippen molar-refractivity contribution in [2.75, 3.05) is 7.11 Å². The number of nitrogens with one attached hydrogen (secondary N) is 1. The maximum Gasteiger partial charge on any atom is 0.255 e. The van der Waals surface area contributed by atoms with Gasteiger partial charge in [-0.05, 0) is 54.8 Å². The topological polar surface area (TPSA) is 64.1 Å². The largest absolute Gasteiger partial charge is 0.497 e. The Morgan fingerprint density at radius 3 is 2.75 bits per heavy atom. The number of halogens is 1. The molecule has 0 bridgehead atoms. The van der Waals surface area contributed by atoms with Gasteiger partial charge in [0.05, 0.1) is 30.1 Å². The zero-order valence-corrected chi connectivity index (χ0v) is 15.9. The van der Waals surface area contributed by atoms with Crippen LogP contribution in [-0.4, -0.2) is 23.0 Å². The second kappa shape index (κ2) is 7.03. The van der Waals surface area contributed by atoms with Gasteiger partial charge in [-0.15, -0.1) is 0 Å². The number of carbonyl (C=O) groups excluding carboxylic acids is 1. The number of aromatic nitrogens is 2. The number of hydrogen-bond acceptors (Lipinski definition) is 4. The van der Waals surface area contributed by atoms with E-state index in [1.165, 1.54) is 12.1 Å². The first-order chi connectivity index (χ1) is 13.5. The molecule has 0 fully saturated rings. The molecule has 0 unspecified atom stereocenters. The van der Waals surface area contributed by atoms with E-state index in [0.29, 0.717) is 29.3 Å². The smallest absolute Gasteiger partial charge is 0.255 e. The summed E-state index contributed by atoms with van der Waals surface area (Å²) in [6.07, 6.45) is 0.522. The van der Waals surface area contributed by atoms with Gasteiger partial charge in [0.2, 0.25) is 0 Å². The molecule has 6 heteroatoms. The third-order valence-corrected chi connectivity index (χ3v) is 4.98. The Kier molecular flexibility index (Phi) is 4.55. The number of amides is 1. The number of nitrogens with zero attached hydrogens (tertiary/aromatic N) is 2. The van der Waals surface area contributed by atoms with Gasteiger partial charge in [0, 0.05) is 6.42 Å². The standard InChI is InChI=1S/C22H20FN3O2/c1-12-21-20(25-13(2)24-12)11-19(26-22(21)27)17-8-7-15(23)10-18(17)14-5-4-6-16(9-14)28-3/h4-10,19H,11H2,1-3H3,(H,26,27)/t19-/m1/s1. The lowest BCUT2D eigenvalue weighted by Gasteiger charge is -2.28. The molecule has 0 aliphatic carbocycles. The maximum absolute atomic E-state index is 14.1. The Bertz CT molecular complexity index is 1080. The molecule has 5 nitrogen and oxygen atoms in total. The van der Waals surface area contributed by atoms with Gasteiger partial charge >= 0.3 is 0 Å². The van der Waals surface area contributed by atoms with Gasteiger partial charge in [-0.1, -0.05) is 18.2 Å². The number of fused-ring (bicyclic) bond motifs is 1. The first kappa shape index (κ1) is 18.1. The van der Waals surface area contributed by atoms with Gasteiger partial charge in [-0.2, -0.15) is 0 Å². The number of hydrogen-bond donors (Lipinski definition) is 1. The van der Waals surface area contributed by atoms with Gasteiger partial charge < -0.3 is 10.1 Å². The predicted molar refractivity (Wildman–Crippen MR) is 104 cm³/mol.